The SMILES string of the molecule is COc1c(Cl)cc(Cl)cc1CCC(C)(C)O. The van der Waals surface area contributed by atoms with Gasteiger partial charge in [-0.3, -0.25) is 0 Å². The smallest absolute Gasteiger partial charge is 0.140 e. The van der Waals surface area contributed by atoms with Crippen molar-refractivity contribution in [3.05, 3.63) is 27.7 Å². The molecule has 1 aromatic rings. The van der Waals surface area contributed by atoms with E-state index in [1.54, 1.807) is 27.0 Å². The molecule has 0 heterocycles. The Kier molecular flexibility index (Phi) is 4.48. The summed E-state index contributed by atoms with van der Waals surface area (Å²) in [5.74, 6) is 0.635. The minimum absolute atomic E-state index is 0.501. The zero-order valence-electron chi connectivity index (χ0n) is 9.68. The third kappa shape index (κ3) is 3.85. The lowest BCUT2D eigenvalue weighted by atomic mass is 9.98. The van der Waals surface area contributed by atoms with Crippen LogP contribution < -0.4 is 4.74 Å². The van der Waals surface area contributed by atoms with Crippen molar-refractivity contribution in [3.8, 4) is 5.75 Å². The summed E-state index contributed by atoms with van der Waals surface area (Å²) in [6.07, 6.45) is 1.30. The zero-order chi connectivity index (χ0) is 12.3. The number of hydrogen-bond donors (Lipinski definition) is 1. The molecule has 16 heavy (non-hydrogen) atoms. The number of rotatable bonds is 4. The summed E-state index contributed by atoms with van der Waals surface area (Å²) in [6.45, 7) is 3.54. The maximum atomic E-state index is 9.67. The molecule has 1 N–H and O–H groups in total. The number of aryl methyl sites for hydroxylation is 1. The van der Waals surface area contributed by atoms with Crippen LogP contribution in [0, 0.1) is 0 Å². The fourth-order valence-electron chi connectivity index (χ4n) is 1.47. The second-order valence-corrected chi connectivity index (χ2v) is 5.24. The van der Waals surface area contributed by atoms with E-state index in [2.05, 4.69) is 0 Å². The lowest BCUT2D eigenvalue weighted by molar-refractivity contribution is 0.0712. The quantitative estimate of drug-likeness (QED) is 0.897. The Bertz CT molecular complexity index is 370. The Morgan fingerprint density at radius 3 is 2.44 bits per heavy atom. The van der Waals surface area contributed by atoms with Gasteiger partial charge in [0.1, 0.15) is 5.75 Å². The molecule has 0 aliphatic carbocycles. The van der Waals surface area contributed by atoms with Gasteiger partial charge < -0.3 is 9.84 Å². The Balaban J connectivity index is 2.94. The summed E-state index contributed by atoms with van der Waals surface area (Å²) in [4.78, 5) is 0. The van der Waals surface area contributed by atoms with Crippen LogP contribution in [0.4, 0.5) is 0 Å². The summed E-state index contributed by atoms with van der Waals surface area (Å²) >= 11 is 11.9. The molecular weight excluding hydrogens is 247 g/mol. The number of methoxy groups -OCH3 is 1. The van der Waals surface area contributed by atoms with Crippen molar-refractivity contribution in [1.82, 2.24) is 0 Å². The highest BCUT2D eigenvalue weighted by Crippen LogP contribution is 2.33. The molecular formula is C12H16Cl2O2. The fraction of sp³-hybridized carbons (Fsp3) is 0.500. The van der Waals surface area contributed by atoms with Crippen LogP contribution in [0.25, 0.3) is 0 Å². The summed E-state index contributed by atoms with van der Waals surface area (Å²) < 4.78 is 5.22. The highest BCUT2D eigenvalue weighted by molar-refractivity contribution is 6.35. The van der Waals surface area contributed by atoms with Crippen LogP contribution in [0.2, 0.25) is 10.0 Å². The van der Waals surface area contributed by atoms with Crippen LogP contribution in [0.1, 0.15) is 25.8 Å². The number of ether oxygens (including phenoxy) is 1. The molecule has 4 heteroatoms. The Hall–Kier alpha value is -0.440. The monoisotopic (exact) mass is 262 g/mol. The van der Waals surface area contributed by atoms with E-state index in [4.69, 9.17) is 27.9 Å². The highest BCUT2D eigenvalue weighted by Gasteiger charge is 2.16. The van der Waals surface area contributed by atoms with Crippen LogP contribution in [-0.2, 0) is 6.42 Å². The fourth-order valence-corrected chi connectivity index (χ4v) is 2.08. The van der Waals surface area contributed by atoms with Gasteiger partial charge in [-0.25, -0.2) is 0 Å². The first-order valence-electron chi connectivity index (χ1n) is 5.08. The van der Waals surface area contributed by atoms with Crippen molar-refractivity contribution >= 4 is 23.2 Å². The Labute approximate surface area is 106 Å². The topological polar surface area (TPSA) is 29.5 Å². The van der Waals surface area contributed by atoms with Crippen molar-refractivity contribution in [2.45, 2.75) is 32.3 Å². The molecule has 0 radical (unpaired) electrons. The number of halogens is 2. The largest absolute Gasteiger partial charge is 0.495 e. The van der Waals surface area contributed by atoms with Crippen LogP contribution in [-0.4, -0.2) is 17.8 Å². The minimum atomic E-state index is -0.709. The van der Waals surface area contributed by atoms with Gasteiger partial charge in [-0.05, 0) is 44.4 Å². The van der Waals surface area contributed by atoms with Crippen molar-refractivity contribution in [2.24, 2.45) is 0 Å². The molecule has 0 amide bonds. The molecule has 1 aromatic carbocycles. The molecule has 0 unspecified atom stereocenters. The average Bonchev–Trinajstić information content (AvgIpc) is 2.12. The predicted octanol–water partition coefficient (Wildman–Crippen LogP) is 3.71. The van der Waals surface area contributed by atoms with Crippen molar-refractivity contribution < 1.29 is 9.84 Å². The zero-order valence-corrected chi connectivity index (χ0v) is 11.2. The van der Waals surface area contributed by atoms with Gasteiger partial charge in [-0.1, -0.05) is 23.2 Å². The molecule has 0 saturated carbocycles. The maximum Gasteiger partial charge on any atom is 0.140 e. The molecule has 1 rings (SSSR count). The number of benzene rings is 1. The van der Waals surface area contributed by atoms with Gasteiger partial charge in [-0.15, -0.1) is 0 Å². The van der Waals surface area contributed by atoms with Gasteiger partial charge in [0.2, 0.25) is 0 Å². The van der Waals surface area contributed by atoms with Gasteiger partial charge >= 0.3 is 0 Å². The van der Waals surface area contributed by atoms with Crippen molar-refractivity contribution in [2.75, 3.05) is 7.11 Å². The van der Waals surface area contributed by atoms with Gasteiger partial charge in [0.15, 0.2) is 0 Å². The summed E-state index contributed by atoms with van der Waals surface area (Å²) in [5, 5.41) is 10.8. The molecule has 0 aliphatic rings. The van der Waals surface area contributed by atoms with Gasteiger partial charge in [0.25, 0.3) is 0 Å². The molecule has 2 nitrogen and oxygen atoms in total. The van der Waals surface area contributed by atoms with Crippen LogP contribution in [0.5, 0.6) is 5.75 Å². The van der Waals surface area contributed by atoms with E-state index in [-0.39, 0.29) is 0 Å². The van der Waals surface area contributed by atoms with Crippen LogP contribution in [0.3, 0.4) is 0 Å². The minimum Gasteiger partial charge on any atom is -0.495 e. The first kappa shape index (κ1) is 13.6. The normalized spacial score (nSPS) is 11.6. The summed E-state index contributed by atoms with van der Waals surface area (Å²) in [6, 6.07) is 3.47. The lowest BCUT2D eigenvalue weighted by Gasteiger charge is -2.18. The summed E-state index contributed by atoms with van der Waals surface area (Å²) in [7, 11) is 1.57. The molecule has 0 fully saturated rings. The second-order valence-electron chi connectivity index (χ2n) is 4.39. The molecule has 0 aromatic heterocycles. The molecule has 0 bridgehead atoms. The average molecular weight is 263 g/mol. The highest BCUT2D eigenvalue weighted by atomic mass is 35.5. The maximum absolute atomic E-state index is 9.67. The summed E-state index contributed by atoms with van der Waals surface area (Å²) in [5.41, 5.74) is 0.210. The van der Waals surface area contributed by atoms with Gasteiger partial charge in [0, 0.05) is 5.02 Å². The Morgan fingerprint density at radius 1 is 1.31 bits per heavy atom. The molecule has 0 saturated heterocycles. The van der Waals surface area contributed by atoms with E-state index < -0.39 is 5.60 Å². The van der Waals surface area contributed by atoms with E-state index in [0.29, 0.717) is 28.6 Å². The lowest BCUT2D eigenvalue weighted by Crippen LogP contribution is -2.19. The van der Waals surface area contributed by atoms with Gasteiger partial charge in [-0.2, -0.15) is 0 Å². The van der Waals surface area contributed by atoms with E-state index in [0.717, 1.165) is 5.56 Å². The molecule has 0 spiro atoms. The van der Waals surface area contributed by atoms with Crippen molar-refractivity contribution in [1.29, 1.82) is 0 Å². The van der Waals surface area contributed by atoms with Crippen LogP contribution in [0.15, 0.2) is 12.1 Å². The molecule has 90 valence electrons. The first-order valence-corrected chi connectivity index (χ1v) is 5.83. The standard InChI is InChI=1S/C12H16Cl2O2/c1-12(2,15)5-4-8-6-9(13)7-10(14)11(8)16-3/h6-7,15H,4-5H2,1-3H3. The Morgan fingerprint density at radius 2 is 1.94 bits per heavy atom. The van der Waals surface area contributed by atoms with E-state index in [1.807, 2.05) is 6.07 Å². The number of aliphatic hydroxyl groups is 1. The third-order valence-corrected chi connectivity index (χ3v) is 2.79. The number of hydrogen-bond acceptors (Lipinski definition) is 2. The second kappa shape index (κ2) is 5.26. The van der Waals surface area contributed by atoms with Gasteiger partial charge in [0.05, 0.1) is 17.7 Å². The third-order valence-electron chi connectivity index (χ3n) is 2.30. The first-order chi connectivity index (χ1) is 7.33. The predicted molar refractivity (Wildman–Crippen MR) is 67.6 cm³/mol. The van der Waals surface area contributed by atoms with Crippen molar-refractivity contribution in [3.63, 3.8) is 0 Å². The van der Waals surface area contributed by atoms with E-state index in [9.17, 15) is 5.11 Å². The van der Waals surface area contributed by atoms with E-state index in [1.165, 1.54) is 0 Å². The molecule has 0 aliphatic heterocycles. The van der Waals surface area contributed by atoms with Crippen LogP contribution >= 0.6 is 23.2 Å². The molecule has 0 atom stereocenters. The van der Waals surface area contributed by atoms with E-state index >= 15 is 0 Å².